The van der Waals surface area contributed by atoms with Gasteiger partial charge in [-0.25, -0.2) is 9.97 Å². The van der Waals surface area contributed by atoms with Crippen LogP contribution in [0.5, 0.6) is 0 Å². The van der Waals surface area contributed by atoms with Crippen LogP contribution in [-0.2, 0) is 24.1 Å². The third kappa shape index (κ3) is 3.22. The van der Waals surface area contributed by atoms with Gasteiger partial charge in [0.15, 0.2) is 0 Å². The van der Waals surface area contributed by atoms with Crippen molar-refractivity contribution in [1.29, 1.82) is 0 Å². The van der Waals surface area contributed by atoms with Gasteiger partial charge in [0.1, 0.15) is 17.8 Å². The van der Waals surface area contributed by atoms with E-state index >= 15 is 0 Å². The first-order chi connectivity index (χ1) is 11.4. The molecule has 0 spiro atoms. The Kier molecular flexibility index (Phi) is 3.96. The Morgan fingerprint density at radius 1 is 1.21 bits per heavy atom. The number of fused-ring (bicyclic) bond motifs is 1. The fourth-order valence-electron chi connectivity index (χ4n) is 2.49. The molecular weight excluding hydrogens is 321 g/mol. The Hall–Kier alpha value is -2.90. The largest absolute Gasteiger partial charge is 0.433 e. The molecular formula is C16H13F3N4O. The minimum absolute atomic E-state index is 0.0503. The van der Waals surface area contributed by atoms with Gasteiger partial charge in [0.25, 0.3) is 0 Å². The Balaban J connectivity index is 1.79. The van der Waals surface area contributed by atoms with Gasteiger partial charge in [-0.2, -0.15) is 13.2 Å². The normalized spacial score (nSPS) is 13.5. The maximum Gasteiger partial charge on any atom is 0.433 e. The van der Waals surface area contributed by atoms with Crippen LogP contribution in [-0.4, -0.2) is 20.8 Å². The number of anilines is 2. The zero-order chi connectivity index (χ0) is 17.3. The van der Waals surface area contributed by atoms with Gasteiger partial charge in [-0.3, -0.25) is 4.79 Å². The summed E-state index contributed by atoms with van der Waals surface area (Å²) in [4.78, 5) is 20.3. The predicted octanol–water partition coefficient (Wildman–Crippen LogP) is 3.27. The molecule has 0 fully saturated rings. The van der Waals surface area contributed by atoms with E-state index in [1.165, 1.54) is 6.08 Å². The number of benzene rings is 1. The molecule has 0 unspecified atom stereocenters. The van der Waals surface area contributed by atoms with Crippen molar-refractivity contribution in [3.8, 4) is 0 Å². The number of hydrogen-bond acceptors (Lipinski definition) is 4. The standard InChI is InChI=1S/C16H13F3N4O/c1-2-15(24)23-7-10-3-4-12(5-11(10)8-23)22-14-6-13(16(17,18)19)20-9-21-14/h2-6,9H,1,7-8H2,(H,20,21,22). The van der Waals surface area contributed by atoms with E-state index in [9.17, 15) is 18.0 Å². The Morgan fingerprint density at radius 3 is 2.67 bits per heavy atom. The maximum atomic E-state index is 12.7. The number of hydrogen-bond donors (Lipinski definition) is 1. The third-order valence-corrected chi connectivity index (χ3v) is 3.64. The van der Waals surface area contributed by atoms with Gasteiger partial charge in [-0.05, 0) is 29.3 Å². The second-order valence-electron chi connectivity index (χ2n) is 5.29. The van der Waals surface area contributed by atoms with E-state index in [2.05, 4.69) is 21.9 Å². The summed E-state index contributed by atoms with van der Waals surface area (Å²) in [5.41, 5.74) is 1.51. The highest BCUT2D eigenvalue weighted by molar-refractivity contribution is 5.87. The van der Waals surface area contributed by atoms with Crippen molar-refractivity contribution >= 4 is 17.4 Å². The monoisotopic (exact) mass is 334 g/mol. The molecule has 3 rings (SSSR count). The molecule has 1 aliphatic heterocycles. The Morgan fingerprint density at radius 2 is 1.96 bits per heavy atom. The molecule has 2 heterocycles. The van der Waals surface area contributed by atoms with Crippen LogP contribution in [0.15, 0.2) is 43.2 Å². The van der Waals surface area contributed by atoms with Crippen molar-refractivity contribution in [2.75, 3.05) is 5.32 Å². The number of nitrogens with one attached hydrogen (secondary N) is 1. The van der Waals surface area contributed by atoms with Gasteiger partial charge < -0.3 is 10.2 Å². The average Bonchev–Trinajstić information content (AvgIpc) is 2.97. The Labute approximate surface area is 135 Å². The molecule has 1 N–H and O–H groups in total. The molecule has 24 heavy (non-hydrogen) atoms. The Bertz CT molecular complexity index is 804. The first-order valence-corrected chi connectivity index (χ1v) is 7.06. The van der Waals surface area contributed by atoms with Crippen LogP contribution in [0.4, 0.5) is 24.7 Å². The van der Waals surface area contributed by atoms with Crippen LogP contribution in [0.25, 0.3) is 0 Å². The number of carbonyl (C=O) groups excluding carboxylic acids is 1. The summed E-state index contributed by atoms with van der Waals surface area (Å²) < 4.78 is 38.0. The van der Waals surface area contributed by atoms with Gasteiger partial charge in [0, 0.05) is 24.8 Å². The molecule has 0 saturated heterocycles. The molecule has 0 radical (unpaired) electrons. The molecule has 5 nitrogen and oxygen atoms in total. The molecule has 124 valence electrons. The van der Waals surface area contributed by atoms with E-state index in [4.69, 9.17) is 0 Å². The first-order valence-electron chi connectivity index (χ1n) is 7.06. The lowest BCUT2D eigenvalue weighted by Crippen LogP contribution is -2.22. The van der Waals surface area contributed by atoms with Gasteiger partial charge in [0.2, 0.25) is 5.91 Å². The van der Waals surface area contributed by atoms with E-state index in [1.54, 1.807) is 17.0 Å². The lowest BCUT2D eigenvalue weighted by atomic mass is 10.1. The molecule has 0 aliphatic carbocycles. The van der Waals surface area contributed by atoms with Crippen LogP contribution in [0, 0.1) is 0 Å². The summed E-state index contributed by atoms with van der Waals surface area (Å²) in [6.07, 6.45) is -2.41. The van der Waals surface area contributed by atoms with E-state index < -0.39 is 11.9 Å². The number of amides is 1. The minimum Gasteiger partial charge on any atom is -0.340 e. The highest BCUT2D eigenvalue weighted by Crippen LogP contribution is 2.30. The molecule has 1 amide bonds. The average molecular weight is 334 g/mol. The van der Waals surface area contributed by atoms with Crippen molar-refractivity contribution in [3.63, 3.8) is 0 Å². The highest BCUT2D eigenvalue weighted by Gasteiger charge is 2.32. The zero-order valence-electron chi connectivity index (χ0n) is 12.5. The summed E-state index contributed by atoms with van der Waals surface area (Å²) in [5.74, 6) is -0.111. The fraction of sp³-hybridized carbons (Fsp3) is 0.188. The van der Waals surface area contributed by atoms with Crippen molar-refractivity contribution in [2.24, 2.45) is 0 Å². The zero-order valence-corrected chi connectivity index (χ0v) is 12.5. The molecule has 0 bridgehead atoms. The summed E-state index contributed by atoms with van der Waals surface area (Å²) in [5, 5.41) is 2.83. The molecule has 0 saturated carbocycles. The molecule has 0 atom stereocenters. The number of aromatic nitrogens is 2. The molecule has 1 aliphatic rings. The molecule has 1 aromatic heterocycles. The van der Waals surface area contributed by atoms with Crippen molar-refractivity contribution in [3.05, 3.63) is 60.1 Å². The van der Waals surface area contributed by atoms with E-state index in [1.807, 2.05) is 6.07 Å². The van der Waals surface area contributed by atoms with E-state index in [0.717, 1.165) is 23.5 Å². The SMILES string of the molecule is C=CC(=O)N1Cc2ccc(Nc3cc(C(F)(F)F)ncn3)cc2C1. The van der Waals surface area contributed by atoms with E-state index in [0.29, 0.717) is 18.8 Å². The summed E-state index contributed by atoms with van der Waals surface area (Å²) in [6, 6.07) is 6.21. The van der Waals surface area contributed by atoms with Crippen LogP contribution >= 0.6 is 0 Å². The van der Waals surface area contributed by atoms with Crippen LogP contribution in [0.1, 0.15) is 16.8 Å². The van der Waals surface area contributed by atoms with Crippen LogP contribution in [0.3, 0.4) is 0 Å². The first kappa shape index (κ1) is 16.0. The molecule has 1 aromatic carbocycles. The lowest BCUT2D eigenvalue weighted by molar-refractivity contribution is -0.141. The predicted molar refractivity (Wildman–Crippen MR) is 81.2 cm³/mol. The number of nitrogens with zero attached hydrogens (tertiary/aromatic N) is 3. The quantitative estimate of drug-likeness (QED) is 0.876. The van der Waals surface area contributed by atoms with Crippen molar-refractivity contribution in [1.82, 2.24) is 14.9 Å². The number of alkyl halides is 3. The smallest absolute Gasteiger partial charge is 0.340 e. The number of rotatable bonds is 3. The van der Waals surface area contributed by atoms with E-state index in [-0.39, 0.29) is 11.7 Å². The molecule has 2 aromatic rings. The summed E-state index contributed by atoms with van der Waals surface area (Å²) >= 11 is 0. The number of halogens is 3. The van der Waals surface area contributed by atoms with Crippen LogP contribution in [0.2, 0.25) is 0 Å². The van der Waals surface area contributed by atoms with Gasteiger partial charge in [0.05, 0.1) is 0 Å². The highest BCUT2D eigenvalue weighted by atomic mass is 19.4. The van der Waals surface area contributed by atoms with Crippen molar-refractivity contribution < 1.29 is 18.0 Å². The topological polar surface area (TPSA) is 58.1 Å². The fourth-order valence-corrected chi connectivity index (χ4v) is 2.49. The summed E-state index contributed by atoms with van der Waals surface area (Å²) in [7, 11) is 0. The summed E-state index contributed by atoms with van der Waals surface area (Å²) in [6.45, 7) is 4.39. The van der Waals surface area contributed by atoms with Gasteiger partial charge >= 0.3 is 6.18 Å². The lowest BCUT2D eigenvalue weighted by Gasteiger charge is -2.11. The second kappa shape index (κ2) is 5.95. The minimum atomic E-state index is -4.52. The second-order valence-corrected chi connectivity index (χ2v) is 5.29. The number of carbonyl (C=O) groups is 1. The van der Waals surface area contributed by atoms with Gasteiger partial charge in [-0.1, -0.05) is 12.6 Å². The molecule has 8 heteroatoms. The van der Waals surface area contributed by atoms with Crippen molar-refractivity contribution in [2.45, 2.75) is 19.3 Å². The maximum absolute atomic E-state index is 12.7. The third-order valence-electron chi connectivity index (χ3n) is 3.64. The van der Waals surface area contributed by atoms with Gasteiger partial charge in [-0.15, -0.1) is 0 Å². The van der Waals surface area contributed by atoms with Crippen LogP contribution < -0.4 is 5.32 Å².